The van der Waals surface area contributed by atoms with E-state index in [4.69, 9.17) is 15.9 Å². The van der Waals surface area contributed by atoms with Crippen molar-refractivity contribution in [2.75, 3.05) is 26.8 Å². The number of rotatable bonds is 6. The molecule has 1 aromatic rings. The number of nitrogens with zero attached hydrogens (tertiary/aromatic N) is 1. The lowest BCUT2D eigenvalue weighted by Gasteiger charge is -2.16. The molecule has 106 valence electrons. The van der Waals surface area contributed by atoms with Crippen molar-refractivity contribution in [2.45, 2.75) is 12.8 Å². The van der Waals surface area contributed by atoms with Crippen LogP contribution in [0.2, 0.25) is 0 Å². The summed E-state index contributed by atoms with van der Waals surface area (Å²) < 4.78 is 10.9. The zero-order chi connectivity index (χ0) is 14.4. The minimum Gasteiger partial charge on any atom is -0.493 e. The molecule has 1 aliphatic heterocycles. The Balaban J connectivity index is 1.74. The van der Waals surface area contributed by atoms with Crippen molar-refractivity contribution in [1.82, 2.24) is 4.90 Å². The second-order valence-corrected chi connectivity index (χ2v) is 4.76. The summed E-state index contributed by atoms with van der Waals surface area (Å²) in [6.07, 6.45) is 6.61. The predicted octanol–water partition coefficient (Wildman–Crippen LogP) is 1.95. The van der Waals surface area contributed by atoms with Crippen molar-refractivity contribution in [2.24, 2.45) is 5.92 Å². The van der Waals surface area contributed by atoms with Gasteiger partial charge in [0.15, 0.2) is 11.5 Å². The van der Waals surface area contributed by atoms with Gasteiger partial charge >= 0.3 is 0 Å². The zero-order valence-corrected chi connectivity index (χ0v) is 11.7. The normalized spacial score (nSPS) is 17.9. The van der Waals surface area contributed by atoms with E-state index in [1.165, 1.54) is 0 Å². The van der Waals surface area contributed by atoms with Gasteiger partial charge in [0, 0.05) is 25.4 Å². The van der Waals surface area contributed by atoms with Gasteiger partial charge in [0.2, 0.25) is 5.91 Å². The van der Waals surface area contributed by atoms with Crippen LogP contribution in [0.3, 0.4) is 0 Å². The molecule has 0 saturated carbocycles. The molecule has 20 heavy (non-hydrogen) atoms. The second kappa shape index (κ2) is 6.85. The summed E-state index contributed by atoms with van der Waals surface area (Å²) in [6.45, 7) is 1.90. The molecule has 1 aliphatic rings. The number of hydrogen-bond donors (Lipinski definition) is 0. The number of carbonyl (C=O) groups excluding carboxylic acids is 1. The van der Waals surface area contributed by atoms with Gasteiger partial charge < -0.3 is 14.4 Å². The van der Waals surface area contributed by atoms with E-state index >= 15 is 0 Å². The molecule has 0 N–H and O–H groups in total. The maximum atomic E-state index is 11.7. The first-order valence-corrected chi connectivity index (χ1v) is 6.74. The molecule has 4 heteroatoms. The van der Waals surface area contributed by atoms with Crippen LogP contribution in [0.1, 0.15) is 12.8 Å². The Kier molecular flexibility index (Phi) is 4.89. The second-order valence-electron chi connectivity index (χ2n) is 4.76. The average Bonchev–Trinajstić information content (AvgIpc) is 2.84. The van der Waals surface area contributed by atoms with Crippen molar-refractivity contribution in [3.8, 4) is 23.8 Å². The van der Waals surface area contributed by atoms with Crippen molar-refractivity contribution < 1.29 is 14.3 Å². The van der Waals surface area contributed by atoms with Gasteiger partial charge in [-0.15, -0.1) is 12.3 Å². The summed E-state index contributed by atoms with van der Waals surface area (Å²) in [4.78, 5) is 13.5. The SMILES string of the molecule is C#CC1CC(=O)N(CCCOc2ccccc2OC)C1. The van der Waals surface area contributed by atoms with Crippen LogP contribution in [0, 0.1) is 18.3 Å². The van der Waals surface area contributed by atoms with Gasteiger partial charge in [-0.1, -0.05) is 12.1 Å². The maximum absolute atomic E-state index is 11.7. The standard InChI is InChI=1S/C16H19NO3/c1-3-13-11-16(18)17(12-13)9-6-10-20-15-8-5-4-7-14(15)19-2/h1,4-5,7-8,13H,6,9-12H2,2H3. The van der Waals surface area contributed by atoms with Gasteiger partial charge in [-0.25, -0.2) is 0 Å². The summed E-state index contributed by atoms with van der Waals surface area (Å²) in [7, 11) is 1.62. The Labute approximate surface area is 119 Å². The number of likely N-dealkylation sites (tertiary alicyclic amines) is 1. The smallest absolute Gasteiger partial charge is 0.223 e. The molecule has 1 aromatic carbocycles. The number of amides is 1. The van der Waals surface area contributed by atoms with Crippen LogP contribution in [0.15, 0.2) is 24.3 Å². The lowest BCUT2D eigenvalue weighted by molar-refractivity contribution is -0.127. The molecule has 4 nitrogen and oxygen atoms in total. The monoisotopic (exact) mass is 273 g/mol. The molecule has 0 aliphatic carbocycles. The Morgan fingerprint density at radius 2 is 2.15 bits per heavy atom. The maximum Gasteiger partial charge on any atom is 0.223 e. The van der Waals surface area contributed by atoms with Gasteiger partial charge in [-0.2, -0.15) is 0 Å². The van der Waals surface area contributed by atoms with E-state index in [1.54, 1.807) is 7.11 Å². The molecule has 1 amide bonds. The van der Waals surface area contributed by atoms with Crippen LogP contribution in [0.4, 0.5) is 0 Å². The topological polar surface area (TPSA) is 38.8 Å². The van der Waals surface area contributed by atoms with E-state index in [0.717, 1.165) is 17.9 Å². The van der Waals surface area contributed by atoms with Crippen molar-refractivity contribution >= 4 is 5.91 Å². The highest BCUT2D eigenvalue weighted by atomic mass is 16.5. The summed E-state index contributed by atoms with van der Waals surface area (Å²) in [5.41, 5.74) is 0. The van der Waals surface area contributed by atoms with Gasteiger partial charge in [-0.05, 0) is 18.6 Å². The highest BCUT2D eigenvalue weighted by Crippen LogP contribution is 2.25. The van der Waals surface area contributed by atoms with Crippen LogP contribution in [-0.4, -0.2) is 37.6 Å². The first-order valence-electron chi connectivity index (χ1n) is 6.74. The summed E-state index contributed by atoms with van der Waals surface area (Å²) in [5, 5.41) is 0. The van der Waals surface area contributed by atoms with Crippen molar-refractivity contribution in [1.29, 1.82) is 0 Å². The molecule has 0 radical (unpaired) electrons. The van der Waals surface area contributed by atoms with E-state index in [1.807, 2.05) is 29.2 Å². The van der Waals surface area contributed by atoms with E-state index < -0.39 is 0 Å². The summed E-state index contributed by atoms with van der Waals surface area (Å²) in [6, 6.07) is 7.53. The van der Waals surface area contributed by atoms with E-state index in [2.05, 4.69) is 5.92 Å². The van der Waals surface area contributed by atoms with Gasteiger partial charge in [-0.3, -0.25) is 4.79 Å². The van der Waals surface area contributed by atoms with Crippen LogP contribution in [0.5, 0.6) is 11.5 Å². The quantitative estimate of drug-likeness (QED) is 0.587. The lowest BCUT2D eigenvalue weighted by Crippen LogP contribution is -2.27. The third-order valence-corrected chi connectivity index (χ3v) is 3.35. The molecule has 1 heterocycles. The number of ether oxygens (including phenoxy) is 2. The molecule has 1 fully saturated rings. The first kappa shape index (κ1) is 14.3. The van der Waals surface area contributed by atoms with Crippen molar-refractivity contribution in [3.63, 3.8) is 0 Å². The van der Waals surface area contributed by atoms with Crippen LogP contribution in [0.25, 0.3) is 0 Å². The minimum absolute atomic E-state index is 0.0673. The zero-order valence-electron chi connectivity index (χ0n) is 11.7. The third-order valence-electron chi connectivity index (χ3n) is 3.35. The fourth-order valence-electron chi connectivity index (χ4n) is 2.28. The molecule has 0 bridgehead atoms. The number of hydrogen-bond acceptors (Lipinski definition) is 3. The molecular formula is C16H19NO3. The largest absolute Gasteiger partial charge is 0.493 e. The lowest BCUT2D eigenvalue weighted by atomic mass is 10.1. The van der Waals surface area contributed by atoms with Gasteiger partial charge in [0.05, 0.1) is 13.7 Å². The number of para-hydroxylation sites is 2. The number of terminal acetylenes is 1. The number of methoxy groups -OCH3 is 1. The van der Waals surface area contributed by atoms with Crippen LogP contribution >= 0.6 is 0 Å². The molecule has 1 saturated heterocycles. The molecule has 0 spiro atoms. The minimum atomic E-state index is 0.0673. The summed E-state index contributed by atoms with van der Waals surface area (Å²) in [5.74, 6) is 4.30. The predicted molar refractivity (Wildman–Crippen MR) is 76.6 cm³/mol. The summed E-state index contributed by atoms with van der Waals surface area (Å²) >= 11 is 0. The molecule has 0 aromatic heterocycles. The highest BCUT2D eigenvalue weighted by Gasteiger charge is 2.27. The Morgan fingerprint density at radius 1 is 1.40 bits per heavy atom. The van der Waals surface area contributed by atoms with Crippen molar-refractivity contribution in [3.05, 3.63) is 24.3 Å². The van der Waals surface area contributed by atoms with Gasteiger partial charge in [0.25, 0.3) is 0 Å². The molecular weight excluding hydrogens is 254 g/mol. The first-order chi connectivity index (χ1) is 9.74. The molecule has 2 rings (SSSR count). The molecule has 1 unspecified atom stereocenters. The highest BCUT2D eigenvalue weighted by molar-refractivity contribution is 5.79. The number of carbonyl (C=O) groups is 1. The fraction of sp³-hybridized carbons (Fsp3) is 0.438. The van der Waals surface area contributed by atoms with Crippen LogP contribution < -0.4 is 9.47 Å². The Bertz CT molecular complexity index is 507. The van der Waals surface area contributed by atoms with Gasteiger partial charge in [0.1, 0.15) is 0 Å². The Morgan fingerprint density at radius 3 is 2.80 bits per heavy atom. The van der Waals surface area contributed by atoms with E-state index in [-0.39, 0.29) is 11.8 Å². The number of benzene rings is 1. The van der Waals surface area contributed by atoms with Crippen LogP contribution in [-0.2, 0) is 4.79 Å². The molecule has 1 atom stereocenters. The Hall–Kier alpha value is -2.15. The van der Waals surface area contributed by atoms with E-state index in [0.29, 0.717) is 26.1 Å². The third kappa shape index (κ3) is 3.45. The average molecular weight is 273 g/mol. The van der Waals surface area contributed by atoms with E-state index in [9.17, 15) is 4.79 Å². The fourth-order valence-corrected chi connectivity index (χ4v) is 2.28.